The lowest BCUT2D eigenvalue weighted by Crippen LogP contribution is -2.59. The summed E-state index contributed by atoms with van der Waals surface area (Å²) in [6.07, 6.45) is 1.68. The van der Waals surface area contributed by atoms with Gasteiger partial charge in [-0.05, 0) is 56.6 Å². The van der Waals surface area contributed by atoms with E-state index in [0.29, 0.717) is 19.4 Å². The summed E-state index contributed by atoms with van der Waals surface area (Å²) in [5.41, 5.74) is 8.69. The molecule has 0 bridgehead atoms. The van der Waals surface area contributed by atoms with Crippen LogP contribution in [-0.4, -0.2) is 129 Å². The molecular formula is C35H66N8O6. The van der Waals surface area contributed by atoms with E-state index in [-0.39, 0.29) is 66.4 Å². The van der Waals surface area contributed by atoms with Gasteiger partial charge < -0.3 is 29.9 Å². The highest BCUT2D eigenvalue weighted by atomic mass is 16.5. The number of amides is 4. The van der Waals surface area contributed by atoms with Crippen LogP contribution in [0.15, 0.2) is 5.11 Å². The van der Waals surface area contributed by atoms with Crippen LogP contribution in [0.25, 0.3) is 10.4 Å². The van der Waals surface area contributed by atoms with Crippen molar-refractivity contribution >= 4 is 23.6 Å². The number of hydrogen-bond acceptors (Lipinski definition) is 8. The number of likely N-dealkylation sites (tertiary alicyclic amines) is 1. The first kappa shape index (κ1) is 44.1. The molecule has 9 atom stereocenters. The average Bonchev–Trinajstić information content (AvgIpc) is 3.53. The molecule has 1 saturated heterocycles. The van der Waals surface area contributed by atoms with Crippen molar-refractivity contribution in [1.82, 2.24) is 25.3 Å². The number of hydrogen-bond donors (Lipinski definition) is 2. The molecule has 14 heteroatoms. The van der Waals surface area contributed by atoms with Gasteiger partial charge >= 0.3 is 0 Å². The number of methoxy groups -OCH3 is 2. The largest absolute Gasteiger partial charge is 0.379 e. The summed E-state index contributed by atoms with van der Waals surface area (Å²) in [5, 5.41) is 9.58. The summed E-state index contributed by atoms with van der Waals surface area (Å²) in [6.45, 7) is 16.2. The molecule has 1 aliphatic heterocycles. The van der Waals surface area contributed by atoms with Gasteiger partial charge in [0.15, 0.2) is 0 Å². The van der Waals surface area contributed by atoms with Gasteiger partial charge in [0.05, 0.1) is 42.7 Å². The molecule has 282 valence electrons. The lowest BCUT2D eigenvalue weighted by molar-refractivity contribution is -0.148. The summed E-state index contributed by atoms with van der Waals surface area (Å²) in [6, 6.07) is -2.20. The minimum Gasteiger partial charge on any atom is -0.379 e. The number of nitrogens with zero attached hydrogens (tertiary/aromatic N) is 6. The molecule has 1 heterocycles. The van der Waals surface area contributed by atoms with Gasteiger partial charge in [0, 0.05) is 45.3 Å². The zero-order valence-corrected chi connectivity index (χ0v) is 32.4. The number of nitrogens with one attached hydrogen (secondary N) is 2. The van der Waals surface area contributed by atoms with Gasteiger partial charge in [-0.1, -0.05) is 66.9 Å². The first-order valence-corrected chi connectivity index (χ1v) is 17.9. The predicted octanol–water partition coefficient (Wildman–Crippen LogP) is 3.84. The fourth-order valence-electron chi connectivity index (χ4n) is 7.16. The second-order valence-electron chi connectivity index (χ2n) is 14.5. The van der Waals surface area contributed by atoms with Crippen LogP contribution in [0.3, 0.4) is 0 Å². The molecular weight excluding hydrogens is 628 g/mol. The highest BCUT2D eigenvalue weighted by Gasteiger charge is 2.43. The maximum atomic E-state index is 14.2. The van der Waals surface area contributed by atoms with Crippen molar-refractivity contribution < 1.29 is 28.7 Å². The zero-order chi connectivity index (χ0) is 37.6. The van der Waals surface area contributed by atoms with E-state index < -0.39 is 36.3 Å². The van der Waals surface area contributed by atoms with Crippen molar-refractivity contribution in [2.45, 2.75) is 130 Å². The molecule has 0 spiro atoms. The van der Waals surface area contributed by atoms with Crippen molar-refractivity contribution in [3.63, 3.8) is 0 Å². The van der Waals surface area contributed by atoms with E-state index in [0.717, 1.165) is 12.8 Å². The summed E-state index contributed by atoms with van der Waals surface area (Å²) in [5.74, 6) is -1.48. The third-order valence-electron chi connectivity index (χ3n) is 10.2. The lowest BCUT2D eigenvalue weighted by Gasteiger charge is -2.41. The molecule has 1 aliphatic rings. The van der Waals surface area contributed by atoms with Crippen LogP contribution in [-0.2, 0) is 28.7 Å². The maximum absolute atomic E-state index is 14.2. The van der Waals surface area contributed by atoms with E-state index in [4.69, 9.17) is 15.0 Å². The summed E-state index contributed by atoms with van der Waals surface area (Å²) in [7, 11) is 8.55. The molecule has 4 amide bonds. The Hall–Kier alpha value is -2.93. The third kappa shape index (κ3) is 12.1. The molecule has 0 aromatic carbocycles. The minimum absolute atomic E-state index is 0.0119. The highest BCUT2D eigenvalue weighted by molar-refractivity contribution is 5.90. The van der Waals surface area contributed by atoms with Crippen molar-refractivity contribution in [3.05, 3.63) is 10.4 Å². The van der Waals surface area contributed by atoms with Crippen LogP contribution in [0.2, 0.25) is 0 Å². The monoisotopic (exact) mass is 695 g/mol. The van der Waals surface area contributed by atoms with E-state index in [1.165, 1.54) is 0 Å². The smallest absolute Gasteiger partial charge is 0.245 e. The Morgan fingerprint density at radius 1 is 0.939 bits per heavy atom. The molecule has 0 aromatic heterocycles. The lowest BCUT2D eigenvalue weighted by atomic mass is 9.89. The quantitative estimate of drug-likeness (QED) is 0.105. The SMILES string of the molecule is CC[C@@H](CN=[N+]=[N-])NC(=O)[C@H](C)[C@@H](OC)[C@@H]1CCCN1C(=O)C[C@@H](OC)[C@H]([C@@H](C)CC)N(C)C(=O)[C@@H](NC(=O)[C@H](C(C)C)N(C)C)C(C)C. The van der Waals surface area contributed by atoms with Crippen LogP contribution in [0.4, 0.5) is 0 Å². The van der Waals surface area contributed by atoms with Crippen molar-refractivity contribution in [3.8, 4) is 0 Å². The summed E-state index contributed by atoms with van der Waals surface area (Å²) >= 11 is 0. The average molecular weight is 695 g/mol. The molecule has 14 nitrogen and oxygen atoms in total. The van der Waals surface area contributed by atoms with Crippen LogP contribution >= 0.6 is 0 Å². The van der Waals surface area contributed by atoms with Gasteiger partial charge in [-0.15, -0.1) is 0 Å². The number of ether oxygens (including phenoxy) is 2. The van der Waals surface area contributed by atoms with E-state index in [1.807, 2.05) is 67.5 Å². The van der Waals surface area contributed by atoms with E-state index >= 15 is 0 Å². The predicted molar refractivity (Wildman–Crippen MR) is 191 cm³/mol. The van der Waals surface area contributed by atoms with Gasteiger partial charge in [0.2, 0.25) is 23.6 Å². The Morgan fingerprint density at radius 2 is 1.57 bits per heavy atom. The van der Waals surface area contributed by atoms with Crippen molar-refractivity contribution in [1.29, 1.82) is 0 Å². The van der Waals surface area contributed by atoms with Crippen LogP contribution in [0.1, 0.15) is 87.5 Å². The zero-order valence-electron chi connectivity index (χ0n) is 32.4. The Bertz CT molecular complexity index is 1110. The van der Waals surface area contributed by atoms with Crippen LogP contribution in [0.5, 0.6) is 0 Å². The molecule has 0 saturated carbocycles. The molecule has 2 N–H and O–H groups in total. The fraction of sp³-hybridized carbons (Fsp3) is 0.886. The first-order chi connectivity index (χ1) is 23.0. The molecule has 0 aromatic rings. The standard InChI is InChI=1S/C35H66N8O6/c1-14-23(7)31(42(11)35(47)29(21(3)4)39-34(46)30(22(5)6)41(9)10)27(48-12)19-28(44)43-18-16-17-26(43)32(49-13)24(8)33(45)38-25(15-2)20-37-40-36/h21-27,29-32H,14-20H2,1-13H3,(H,38,45)(H,39,46)/t23-,24+,25-,26-,27+,29-,30-,31-,32+/m0/s1. The number of rotatable bonds is 21. The van der Waals surface area contributed by atoms with Gasteiger partial charge in [-0.2, -0.15) is 0 Å². The van der Waals surface area contributed by atoms with Crippen LogP contribution in [0, 0.1) is 23.7 Å². The van der Waals surface area contributed by atoms with Crippen molar-refractivity contribution in [2.24, 2.45) is 28.8 Å². The number of carbonyl (C=O) groups is 4. The Balaban J connectivity index is 3.26. The summed E-state index contributed by atoms with van der Waals surface area (Å²) in [4.78, 5) is 62.9. The molecule has 0 unspecified atom stereocenters. The molecule has 1 rings (SSSR count). The third-order valence-corrected chi connectivity index (χ3v) is 10.2. The fourth-order valence-corrected chi connectivity index (χ4v) is 7.16. The molecule has 49 heavy (non-hydrogen) atoms. The first-order valence-electron chi connectivity index (χ1n) is 17.9. The normalized spacial score (nSPS) is 19.8. The Kier molecular flexibility index (Phi) is 19.2. The topological polar surface area (TPSA) is 169 Å². The van der Waals surface area contributed by atoms with Gasteiger partial charge in [-0.3, -0.25) is 24.1 Å². The number of carbonyl (C=O) groups excluding carboxylic acids is 4. The highest BCUT2D eigenvalue weighted by Crippen LogP contribution is 2.29. The van der Waals surface area contributed by atoms with E-state index in [1.54, 1.807) is 38.0 Å². The molecule has 1 fully saturated rings. The maximum Gasteiger partial charge on any atom is 0.245 e. The van der Waals surface area contributed by atoms with Gasteiger partial charge in [-0.25, -0.2) is 0 Å². The van der Waals surface area contributed by atoms with Gasteiger partial charge in [0.1, 0.15) is 6.04 Å². The molecule has 0 aliphatic carbocycles. The van der Waals surface area contributed by atoms with Crippen LogP contribution < -0.4 is 10.6 Å². The Morgan fingerprint density at radius 3 is 2.04 bits per heavy atom. The molecule has 0 radical (unpaired) electrons. The minimum atomic E-state index is -0.754. The second-order valence-corrected chi connectivity index (χ2v) is 14.5. The Labute approximate surface area is 295 Å². The number of azide groups is 1. The second kappa shape index (κ2) is 21.3. The number of likely N-dealkylation sites (N-methyl/N-ethyl adjacent to an activating group) is 2. The van der Waals surface area contributed by atoms with E-state index in [2.05, 4.69) is 20.7 Å². The summed E-state index contributed by atoms with van der Waals surface area (Å²) < 4.78 is 11.9. The van der Waals surface area contributed by atoms with Gasteiger partial charge in [0.25, 0.3) is 0 Å². The van der Waals surface area contributed by atoms with E-state index in [9.17, 15) is 19.2 Å². The van der Waals surface area contributed by atoms with Crippen molar-refractivity contribution in [2.75, 3.05) is 48.5 Å².